The van der Waals surface area contributed by atoms with Crippen molar-refractivity contribution in [3.8, 4) is 0 Å². The molecular weight excluding hydrogens is 379 g/mol. The van der Waals surface area contributed by atoms with Gasteiger partial charge in [0.15, 0.2) is 6.23 Å². The third-order valence-electron chi connectivity index (χ3n) is 6.20. The number of carbonyl (C=O) groups excluding carboxylic acids is 1. The second-order valence-corrected chi connectivity index (χ2v) is 8.32. The van der Waals surface area contributed by atoms with Gasteiger partial charge in [-0.1, -0.05) is 42.5 Å². The summed E-state index contributed by atoms with van der Waals surface area (Å²) >= 11 is 0. The molecule has 5 heteroatoms. The summed E-state index contributed by atoms with van der Waals surface area (Å²) in [6, 6.07) is 16.8. The zero-order valence-electron chi connectivity index (χ0n) is 17.7. The van der Waals surface area contributed by atoms with E-state index in [0.29, 0.717) is 6.54 Å². The normalized spacial score (nSPS) is 21.0. The molecule has 2 aromatic carbocycles. The zero-order valence-corrected chi connectivity index (χ0v) is 17.7. The Kier molecular flexibility index (Phi) is 6.30. The molecule has 0 radical (unpaired) electrons. The average molecular weight is 409 g/mol. The first kappa shape index (κ1) is 20.8. The summed E-state index contributed by atoms with van der Waals surface area (Å²) in [4.78, 5) is 17.0. The molecule has 1 unspecified atom stereocenters. The van der Waals surface area contributed by atoms with Crippen LogP contribution in [0, 0.1) is 5.82 Å². The molecule has 0 aromatic heterocycles. The number of likely N-dealkylation sites (tertiary alicyclic amines) is 1. The lowest BCUT2D eigenvalue weighted by atomic mass is 10.1. The number of carbonyl (C=O) groups is 1. The van der Waals surface area contributed by atoms with Crippen molar-refractivity contribution in [2.75, 3.05) is 13.1 Å². The SMILES string of the molecule is CC1=C(C)C(OC2CCN(Cc3ccccc3)CC2)N(Cc2ccc(F)cc2)C1=O. The van der Waals surface area contributed by atoms with E-state index in [4.69, 9.17) is 4.74 Å². The fraction of sp³-hybridized carbons (Fsp3) is 0.400. The first-order valence-electron chi connectivity index (χ1n) is 10.7. The maximum Gasteiger partial charge on any atom is 0.252 e. The van der Waals surface area contributed by atoms with Crippen LogP contribution in [0.5, 0.6) is 0 Å². The summed E-state index contributed by atoms with van der Waals surface area (Å²) in [5.41, 5.74) is 3.97. The van der Waals surface area contributed by atoms with Crippen molar-refractivity contribution in [2.24, 2.45) is 0 Å². The summed E-state index contributed by atoms with van der Waals surface area (Å²) in [5.74, 6) is -0.268. The van der Waals surface area contributed by atoms with Crippen LogP contribution in [0.1, 0.15) is 37.8 Å². The summed E-state index contributed by atoms with van der Waals surface area (Å²) in [6.07, 6.45) is 1.70. The van der Waals surface area contributed by atoms with E-state index in [0.717, 1.165) is 49.2 Å². The zero-order chi connectivity index (χ0) is 21.1. The molecule has 2 heterocycles. The highest BCUT2D eigenvalue weighted by molar-refractivity contribution is 5.96. The van der Waals surface area contributed by atoms with E-state index in [1.165, 1.54) is 17.7 Å². The Morgan fingerprint density at radius 1 is 0.933 bits per heavy atom. The summed E-state index contributed by atoms with van der Waals surface area (Å²) in [6.45, 7) is 7.20. The maximum absolute atomic E-state index is 13.2. The lowest BCUT2D eigenvalue weighted by Gasteiger charge is -2.36. The molecule has 1 fully saturated rings. The van der Waals surface area contributed by atoms with Gasteiger partial charge in [-0.3, -0.25) is 9.69 Å². The molecule has 1 saturated heterocycles. The highest BCUT2D eigenvalue weighted by Gasteiger charge is 2.37. The molecule has 30 heavy (non-hydrogen) atoms. The third kappa shape index (κ3) is 4.63. The Morgan fingerprint density at radius 2 is 1.57 bits per heavy atom. The minimum atomic E-state index is -0.340. The first-order valence-corrected chi connectivity index (χ1v) is 10.7. The van der Waals surface area contributed by atoms with Crippen LogP contribution in [0.4, 0.5) is 4.39 Å². The molecule has 0 bridgehead atoms. The lowest BCUT2D eigenvalue weighted by Crippen LogP contribution is -2.43. The van der Waals surface area contributed by atoms with E-state index >= 15 is 0 Å². The number of amides is 1. The van der Waals surface area contributed by atoms with E-state index in [-0.39, 0.29) is 24.1 Å². The largest absolute Gasteiger partial charge is 0.351 e. The quantitative estimate of drug-likeness (QED) is 0.705. The van der Waals surface area contributed by atoms with Crippen LogP contribution in [0.2, 0.25) is 0 Å². The van der Waals surface area contributed by atoms with Crippen LogP contribution in [0.15, 0.2) is 65.7 Å². The molecule has 4 rings (SSSR count). The summed E-state index contributed by atoms with van der Waals surface area (Å²) in [7, 11) is 0. The van der Waals surface area contributed by atoms with E-state index < -0.39 is 0 Å². The Labute approximate surface area is 177 Å². The van der Waals surface area contributed by atoms with Crippen LogP contribution in [0.3, 0.4) is 0 Å². The Bertz CT molecular complexity index is 903. The fourth-order valence-electron chi connectivity index (χ4n) is 4.25. The molecule has 0 N–H and O–H groups in total. The molecule has 1 amide bonds. The molecule has 0 spiro atoms. The van der Waals surface area contributed by atoms with Crippen molar-refractivity contribution in [2.45, 2.75) is 52.1 Å². The first-order chi connectivity index (χ1) is 14.5. The average Bonchev–Trinajstić information content (AvgIpc) is 2.96. The number of nitrogens with zero attached hydrogens (tertiary/aromatic N) is 2. The van der Waals surface area contributed by atoms with Gasteiger partial charge in [-0.25, -0.2) is 4.39 Å². The van der Waals surface area contributed by atoms with Crippen molar-refractivity contribution in [1.29, 1.82) is 0 Å². The van der Waals surface area contributed by atoms with Gasteiger partial charge in [-0.15, -0.1) is 0 Å². The number of halogens is 1. The van der Waals surface area contributed by atoms with Crippen LogP contribution in [-0.4, -0.2) is 41.1 Å². The number of rotatable bonds is 6. The molecule has 0 aliphatic carbocycles. The Hall–Kier alpha value is -2.50. The van der Waals surface area contributed by atoms with Gasteiger partial charge in [0.05, 0.1) is 6.10 Å². The summed E-state index contributed by atoms with van der Waals surface area (Å²) in [5, 5.41) is 0. The minimum absolute atomic E-state index is 0.00309. The van der Waals surface area contributed by atoms with E-state index in [1.54, 1.807) is 17.0 Å². The monoisotopic (exact) mass is 408 g/mol. The van der Waals surface area contributed by atoms with Gasteiger partial charge in [0.2, 0.25) is 0 Å². The molecule has 0 saturated carbocycles. The standard InChI is InChI=1S/C25H29FN2O2/c1-18-19(2)25(28(24(18)29)17-21-8-10-22(26)11-9-21)30-23-12-14-27(15-13-23)16-20-6-4-3-5-7-20/h3-11,23,25H,12-17H2,1-2H3. The van der Waals surface area contributed by atoms with Gasteiger partial charge in [-0.2, -0.15) is 0 Å². The number of ether oxygens (including phenoxy) is 1. The van der Waals surface area contributed by atoms with Crippen molar-refractivity contribution >= 4 is 5.91 Å². The van der Waals surface area contributed by atoms with Crippen LogP contribution in [0.25, 0.3) is 0 Å². The van der Waals surface area contributed by atoms with Gasteiger partial charge in [0.1, 0.15) is 5.82 Å². The van der Waals surface area contributed by atoms with E-state index in [9.17, 15) is 9.18 Å². The Balaban J connectivity index is 1.37. The summed E-state index contributed by atoms with van der Waals surface area (Å²) < 4.78 is 19.7. The van der Waals surface area contributed by atoms with Crippen LogP contribution < -0.4 is 0 Å². The molecule has 2 aliphatic heterocycles. The fourth-order valence-corrected chi connectivity index (χ4v) is 4.25. The molecular formula is C25H29FN2O2. The van der Waals surface area contributed by atoms with Gasteiger partial charge in [0, 0.05) is 31.8 Å². The Morgan fingerprint density at radius 3 is 2.23 bits per heavy atom. The van der Waals surface area contributed by atoms with Crippen molar-refractivity contribution in [1.82, 2.24) is 9.80 Å². The van der Waals surface area contributed by atoms with E-state index in [1.807, 2.05) is 19.9 Å². The molecule has 2 aromatic rings. The molecule has 4 nitrogen and oxygen atoms in total. The smallest absolute Gasteiger partial charge is 0.252 e. The second kappa shape index (κ2) is 9.11. The highest BCUT2D eigenvalue weighted by atomic mass is 19.1. The lowest BCUT2D eigenvalue weighted by molar-refractivity contribution is -0.142. The number of piperidine rings is 1. The van der Waals surface area contributed by atoms with Gasteiger partial charge in [0.25, 0.3) is 5.91 Å². The van der Waals surface area contributed by atoms with Gasteiger partial charge in [-0.05, 0) is 55.5 Å². The van der Waals surface area contributed by atoms with Gasteiger partial charge >= 0.3 is 0 Å². The van der Waals surface area contributed by atoms with E-state index in [2.05, 4.69) is 29.2 Å². The predicted molar refractivity (Wildman–Crippen MR) is 115 cm³/mol. The second-order valence-electron chi connectivity index (χ2n) is 8.32. The van der Waals surface area contributed by atoms with Crippen molar-refractivity contribution in [3.05, 3.63) is 82.7 Å². The molecule has 2 aliphatic rings. The maximum atomic E-state index is 13.2. The third-order valence-corrected chi connectivity index (χ3v) is 6.20. The topological polar surface area (TPSA) is 32.8 Å². The van der Waals surface area contributed by atoms with Crippen molar-refractivity contribution in [3.63, 3.8) is 0 Å². The molecule has 158 valence electrons. The number of hydrogen-bond donors (Lipinski definition) is 0. The minimum Gasteiger partial charge on any atom is -0.351 e. The van der Waals surface area contributed by atoms with Gasteiger partial charge < -0.3 is 9.64 Å². The highest BCUT2D eigenvalue weighted by Crippen LogP contribution is 2.31. The number of benzene rings is 2. The van der Waals surface area contributed by atoms with Crippen LogP contribution >= 0.6 is 0 Å². The van der Waals surface area contributed by atoms with Crippen molar-refractivity contribution < 1.29 is 13.9 Å². The predicted octanol–water partition coefficient (Wildman–Crippen LogP) is 4.51. The number of hydrogen-bond acceptors (Lipinski definition) is 3. The van der Waals surface area contributed by atoms with Crippen LogP contribution in [-0.2, 0) is 22.6 Å². The molecule has 1 atom stereocenters.